The Bertz CT molecular complexity index is 332. The van der Waals surface area contributed by atoms with Gasteiger partial charge in [-0.25, -0.2) is 0 Å². The number of unbranched alkanes of at least 4 members (excludes halogenated alkanes) is 16. The zero-order chi connectivity index (χ0) is 43.3. The highest BCUT2D eigenvalue weighted by atomic mass is 16.3. The van der Waals surface area contributed by atoms with Gasteiger partial charge < -0.3 is 51.1 Å². The van der Waals surface area contributed by atoms with Crippen LogP contribution in [0.5, 0.6) is 0 Å². The largest absolute Gasteiger partial charge is 0.400 e. The Morgan fingerprint density at radius 3 is 0.453 bits per heavy atom. The summed E-state index contributed by atoms with van der Waals surface area (Å²) in [6.45, 7) is 21.4. The van der Waals surface area contributed by atoms with Crippen LogP contribution < -0.4 is 0 Å². The zero-order valence-corrected chi connectivity index (χ0v) is 37.8. The molecule has 0 atom stereocenters. The van der Waals surface area contributed by atoms with Gasteiger partial charge in [-0.15, -0.1) is 0 Å². The highest BCUT2D eigenvalue weighted by Crippen LogP contribution is 2.03. The number of hydrogen-bond donors (Lipinski definition) is 10. The maximum absolute atomic E-state index is 8.42. The van der Waals surface area contributed by atoms with E-state index in [9.17, 15) is 0 Å². The molecule has 0 aliphatic heterocycles. The summed E-state index contributed by atoms with van der Waals surface area (Å²) in [6, 6.07) is 0. The summed E-state index contributed by atoms with van der Waals surface area (Å²) in [5, 5.41) is 79.7. The van der Waals surface area contributed by atoms with E-state index in [2.05, 4.69) is 41.5 Å². The van der Waals surface area contributed by atoms with Crippen molar-refractivity contribution in [2.24, 2.45) is 0 Å². The summed E-state index contributed by atoms with van der Waals surface area (Å²) in [6.07, 6.45) is 27.4. The smallest absolute Gasteiger partial charge is 0.0431 e. The van der Waals surface area contributed by atoms with Crippen molar-refractivity contribution in [3.05, 3.63) is 0 Å². The van der Waals surface area contributed by atoms with Crippen LogP contribution >= 0.6 is 0 Å². The summed E-state index contributed by atoms with van der Waals surface area (Å²) in [5.41, 5.74) is 0. The van der Waals surface area contributed by atoms with Gasteiger partial charge in [-0.2, -0.15) is 0 Å². The van der Waals surface area contributed by atoms with Crippen LogP contribution in [0.15, 0.2) is 0 Å². The first-order chi connectivity index (χ1) is 25.7. The zero-order valence-electron chi connectivity index (χ0n) is 37.8. The number of aliphatic hydroxyl groups is 10. The lowest BCUT2D eigenvalue weighted by Crippen LogP contribution is -1.82. The SMILES string of the molecule is CCCCCCCCO.CCCCCCCO.CCCCCCO.CCCCCO.CCCCO.CCCCO.CCCO.CCCO.CCO.CO. The van der Waals surface area contributed by atoms with Crippen molar-refractivity contribution in [3.63, 3.8) is 0 Å². The fraction of sp³-hybridized carbons (Fsp3) is 1.00. The first-order valence-electron chi connectivity index (χ1n) is 21.7. The predicted octanol–water partition coefficient (Wildman–Crippen LogP) is 8.96. The van der Waals surface area contributed by atoms with Crippen LogP contribution in [0.3, 0.4) is 0 Å². The Balaban J connectivity index is -0.0000000496. The van der Waals surface area contributed by atoms with E-state index in [1.54, 1.807) is 6.92 Å². The van der Waals surface area contributed by atoms with E-state index in [4.69, 9.17) is 51.1 Å². The molecule has 0 saturated heterocycles. The van der Waals surface area contributed by atoms with Crippen molar-refractivity contribution in [1.82, 2.24) is 0 Å². The van der Waals surface area contributed by atoms with Crippen molar-refractivity contribution >= 4 is 0 Å². The van der Waals surface area contributed by atoms with Gasteiger partial charge in [0.1, 0.15) is 0 Å². The maximum Gasteiger partial charge on any atom is 0.0431 e. The highest BCUT2D eigenvalue weighted by Gasteiger charge is 1.86. The highest BCUT2D eigenvalue weighted by molar-refractivity contribution is 4.42. The van der Waals surface area contributed by atoms with Crippen LogP contribution in [-0.2, 0) is 0 Å². The number of hydrogen-bond acceptors (Lipinski definition) is 10. The third-order valence-corrected chi connectivity index (χ3v) is 6.02. The average molecular weight is 783 g/mol. The van der Waals surface area contributed by atoms with Gasteiger partial charge in [-0.05, 0) is 58.3 Å². The minimum Gasteiger partial charge on any atom is -0.400 e. The van der Waals surface area contributed by atoms with E-state index in [-0.39, 0.29) is 6.61 Å². The van der Waals surface area contributed by atoms with Crippen molar-refractivity contribution in [3.8, 4) is 0 Å². The molecular weight excluding hydrogens is 676 g/mol. The summed E-state index contributed by atoms with van der Waals surface area (Å²) < 4.78 is 0. The lowest BCUT2D eigenvalue weighted by Gasteiger charge is -1.95. The fourth-order valence-electron chi connectivity index (χ4n) is 2.82. The van der Waals surface area contributed by atoms with Gasteiger partial charge in [0.2, 0.25) is 0 Å². The maximum atomic E-state index is 8.42. The van der Waals surface area contributed by atoms with Crippen LogP contribution in [-0.4, -0.2) is 118 Å². The summed E-state index contributed by atoms with van der Waals surface area (Å²) >= 11 is 0. The lowest BCUT2D eigenvalue weighted by molar-refractivity contribution is 0.282. The van der Waals surface area contributed by atoms with E-state index in [1.165, 1.54) is 83.5 Å². The van der Waals surface area contributed by atoms with Gasteiger partial charge in [0, 0.05) is 66.6 Å². The molecule has 0 fully saturated rings. The number of rotatable bonds is 24. The minimum absolute atomic E-state index is 0.250. The van der Waals surface area contributed by atoms with Crippen LogP contribution in [0, 0.1) is 0 Å². The molecular formula is C43H106O10. The molecule has 53 heavy (non-hydrogen) atoms. The van der Waals surface area contributed by atoms with Crippen LogP contribution in [0.2, 0.25) is 0 Å². The van der Waals surface area contributed by atoms with E-state index >= 15 is 0 Å². The van der Waals surface area contributed by atoms with Gasteiger partial charge in [0.05, 0.1) is 0 Å². The first kappa shape index (κ1) is 77.2. The number of aliphatic hydroxyl groups excluding tert-OH is 10. The first-order valence-corrected chi connectivity index (χ1v) is 21.7. The van der Waals surface area contributed by atoms with E-state index in [0.29, 0.717) is 52.9 Å². The molecule has 0 spiro atoms. The Kier molecular flexibility index (Phi) is 181. The van der Waals surface area contributed by atoms with Crippen molar-refractivity contribution in [2.45, 2.75) is 216 Å². The molecule has 0 aliphatic carbocycles. The Morgan fingerprint density at radius 2 is 0.321 bits per heavy atom. The predicted molar refractivity (Wildman–Crippen MR) is 234 cm³/mol. The molecule has 0 amide bonds. The second kappa shape index (κ2) is 124. The molecule has 0 heterocycles. The van der Waals surface area contributed by atoms with Gasteiger partial charge in [0.15, 0.2) is 0 Å². The van der Waals surface area contributed by atoms with Crippen LogP contribution in [0.4, 0.5) is 0 Å². The molecule has 0 saturated carbocycles. The Hall–Kier alpha value is -0.400. The molecule has 338 valence electrons. The Morgan fingerprint density at radius 1 is 0.189 bits per heavy atom. The summed E-state index contributed by atoms with van der Waals surface area (Å²) in [5.74, 6) is 0. The molecule has 0 radical (unpaired) electrons. The minimum atomic E-state index is 0.250. The Labute approximate surface area is 333 Å². The molecule has 10 N–H and O–H groups in total. The topological polar surface area (TPSA) is 202 Å². The molecule has 0 aromatic heterocycles. The fourth-order valence-corrected chi connectivity index (χ4v) is 2.82. The molecule has 0 aliphatic rings. The standard InChI is InChI=1S/C8H18O.C7H16O.C6H14O.C5H12O.2C4H10O.2C3H8O.C2H6O.CH4O/c1-2-3-4-5-6-7-8-9;1-2-3-4-5-6-7-8;1-2-3-4-5-6-7;1-2-3-4-5-6;2*1-2-3-4-5;2*1-2-3-4;1-2-3;1-2/h9H,2-8H2,1H3;8H,2-7H2,1H3;7H,2-6H2,1H3;6H,2-5H2,1H3;2*5H,2-4H2,1H3;2*4H,2-3H2,1H3;3H,2H2,1H3;2H,1H3. The van der Waals surface area contributed by atoms with E-state index < -0.39 is 0 Å². The van der Waals surface area contributed by atoms with Gasteiger partial charge in [0.25, 0.3) is 0 Å². The quantitative estimate of drug-likeness (QED) is 0.0421. The molecule has 0 unspecified atom stereocenters. The van der Waals surface area contributed by atoms with Gasteiger partial charge in [-0.3, -0.25) is 0 Å². The molecule has 0 aromatic rings. The van der Waals surface area contributed by atoms with Gasteiger partial charge >= 0.3 is 0 Å². The second-order valence-corrected chi connectivity index (χ2v) is 11.8. The molecule has 0 rings (SSSR count). The van der Waals surface area contributed by atoms with Crippen molar-refractivity contribution in [2.75, 3.05) is 66.6 Å². The van der Waals surface area contributed by atoms with E-state index in [1.807, 2.05) is 13.8 Å². The summed E-state index contributed by atoms with van der Waals surface area (Å²) in [4.78, 5) is 0. The second-order valence-electron chi connectivity index (χ2n) is 11.8. The van der Waals surface area contributed by atoms with Crippen LogP contribution in [0.25, 0.3) is 0 Å². The van der Waals surface area contributed by atoms with Crippen molar-refractivity contribution in [1.29, 1.82) is 0 Å². The third kappa shape index (κ3) is 228. The van der Waals surface area contributed by atoms with Gasteiger partial charge in [-0.1, -0.05) is 158 Å². The van der Waals surface area contributed by atoms with E-state index in [0.717, 1.165) is 77.7 Å². The molecule has 0 bridgehead atoms. The summed E-state index contributed by atoms with van der Waals surface area (Å²) in [7, 11) is 1.00. The molecule has 0 aromatic carbocycles. The monoisotopic (exact) mass is 783 g/mol. The van der Waals surface area contributed by atoms with Crippen LogP contribution in [0.1, 0.15) is 216 Å². The lowest BCUT2D eigenvalue weighted by atomic mass is 10.1. The third-order valence-electron chi connectivity index (χ3n) is 6.02. The average Bonchev–Trinajstić information content (AvgIpc) is 3.19. The molecule has 10 heteroatoms. The van der Waals surface area contributed by atoms with Crippen molar-refractivity contribution < 1.29 is 51.1 Å². The normalized spacial score (nSPS) is 8.60. The molecule has 10 nitrogen and oxygen atoms in total.